The van der Waals surface area contributed by atoms with Crippen LogP contribution in [0.2, 0.25) is 0 Å². The van der Waals surface area contributed by atoms with Crippen molar-refractivity contribution in [3.8, 4) is 0 Å². The van der Waals surface area contributed by atoms with Gasteiger partial charge in [0.05, 0.1) is 24.2 Å². The smallest absolute Gasteiger partial charge is 0.320 e. The minimum Gasteiger partial charge on any atom is -0.404 e. The Balaban J connectivity index is 1.34. The van der Waals surface area contributed by atoms with Crippen molar-refractivity contribution in [2.75, 3.05) is 51.3 Å². The largest absolute Gasteiger partial charge is 0.404 e. The number of piperidine rings is 1. The van der Waals surface area contributed by atoms with E-state index in [9.17, 15) is 4.79 Å². The van der Waals surface area contributed by atoms with E-state index in [0.717, 1.165) is 49.1 Å². The predicted octanol–water partition coefficient (Wildman–Crippen LogP) is 3.08. The molecular formula is C29H41N9O2. The molecule has 2 aliphatic heterocycles. The molecule has 0 radical (unpaired) electrons. The van der Waals surface area contributed by atoms with Crippen molar-refractivity contribution in [3.63, 3.8) is 0 Å². The van der Waals surface area contributed by atoms with Crippen LogP contribution < -0.4 is 22.1 Å². The number of ether oxygens (including phenoxy) is 1. The highest BCUT2D eigenvalue weighted by atomic mass is 16.5. The van der Waals surface area contributed by atoms with Crippen LogP contribution in [0.4, 0.5) is 10.6 Å². The van der Waals surface area contributed by atoms with Crippen molar-refractivity contribution in [3.05, 3.63) is 59.8 Å². The molecule has 2 aromatic rings. The normalized spacial score (nSPS) is 17.8. The van der Waals surface area contributed by atoms with E-state index in [2.05, 4.69) is 20.6 Å². The number of rotatable bonds is 9. The molecule has 40 heavy (non-hydrogen) atoms. The third-order valence-electron chi connectivity index (χ3n) is 7.31. The lowest BCUT2D eigenvalue weighted by atomic mass is 9.97. The predicted molar refractivity (Wildman–Crippen MR) is 159 cm³/mol. The first kappa shape index (κ1) is 28.9. The summed E-state index contributed by atoms with van der Waals surface area (Å²) in [4.78, 5) is 25.8. The monoisotopic (exact) mass is 547 g/mol. The maximum Gasteiger partial charge on any atom is 0.320 e. The van der Waals surface area contributed by atoms with Gasteiger partial charge >= 0.3 is 6.03 Å². The number of urea groups is 1. The maximum atomic E-state index is 12.7. The van der Waals surface area contributed by atoms with Gasteiger partial charge < -0.3 is 42.0 Å². The van der Waals surface area contributed by atoms with Crippen molar-refractivity contribution in [2.24, 2.45) is 23.3 Å². The number of carbonyl (C=O) groups is 1. The second-order valence-electron chi connectivity index (χ2n) is 10.5. The zero-order chi connectivity index (χ0) is 28.5. The van der Waals surface area contributed by atoms with Crippen LogP contribution in [0.15, 0.2) is 54.3 Å². The number of fused-ring (bicyclic) bond motifs is 1. The Labute approximate surface area is 235 Å². The van der Waals surface area contributed by atoms with Gasteiger partial charge in [-0.2, -0.15) is 0 Å². The first-order valence-corrected chi connectivity index (χ1v) is 13.9. The van der Waals surface area contributed by atoms with Crippen molar-refractivity contribution < 1.29 is 9.53 Å². The number of nitrogens with two attached hydrogens (primary N) is 2. The van der Waals surface area contributed by atoms with Gasteiger partial charge in [-0.1, -0.05) is 13.8 Å². The van der Waals surface area contributed by atoms with Gasteiger partial charge in [-0.3, -0.25) is 4.98 Å². The average molecular weight is 548 g/mol. The highest BCUT2D eigenvalue weighted by Gasteiger charge is 2.27. The Bertz CT molecular complexity index is 1270. The molecule has 11 nitrogen and oxygen atoms in total. The van der Waals surface area contributed by atoms with E-state index in [1.807, 2.05) is 48.0 Å². The number of morpholine rings is 1. The molecule has 2 amide bonds. The Morgan fingerprint density at radius 3 is 2.58 bits per heavy atom. The molecule has 2 aromatic heterocycles. The lowest BCUT2D eigenvalue weighted by molar-refractivity contribution is 0.0401. The lowest BCUT2D eigenvalue weighted by Gasteiger charge is -2.37. The van der Waals surface area contributed by atoms with Crippen LogP contribution in [0, 0.1) is 17.2 Å². The van der Waals surface area contributed by atoms with Gasteiger partial charge in [0, 0.05) is 62.5 Å². The summed E-state index contributed by atoms with van der Waals surface area (Å²) in [6.45, 7) is 8.99. The second-order valence-corrected chi connectivity index (χ2v) is 10.5. The van der Waals surface area contributed by atoms with Gasteiger partial charge in [0.2, 0.25) is 0 Å². The van der Waals surface area contributed by atoms with Gasteiger partial charge in [0.25, 0.3) is 0 Å². The first-order chi connectivity index (χ1) is 19.4. The SMILES string of the molecule is CC(C)C(=C/N)/C=C(\N)Nc1ccc2ncc(/C(C=N)=C/NCC3CCN(C(=O)N4CCOCC4)CC3)cc2n1. The fraction of sp³-hybridized carbons (Fsp3) is 0.448. The van der Waals surface area contributed by atoms with Crippen molar-refractivity contribution in [2.45, 2.75) is 26.7 Å². The Hall–Kier alpha value is -4.12. The zero-order valence-electron chi connectivity index (χ0n) is 23.4. The fourth-order valence-electron chi connectivity index (χ4n) is 4.83. The standard InChI is InChI=1S/C29H41N9O2/c1-20(2)22(15-30)14-27(32)36-28-4-3-25-26(35-28)13-23(19-34-25)24(16-31)18-33-17-21-5-7-37(8-6-21)29(39)38-9-11-40-12-10-38/h3-4,13-16,18-21,31,33H,5-12,17,30,32H2,1-2H3,(H,35,36)/b22-15+,24-18+,27-14+,31-16?. The highest BCUT2D eigenvalue weighted by Crippen LogP contribution is 2.21. The Kier molecular flexibility index (Phi) is 9.96. The molecule has 0 atom stereocenters. The molecule has 4 heterocycles. The topological polar surface area (TPSA) is 159 Å². The number of aromatic nitrogens is 2. The Morgan fingerprint density at radius 1 is 1.18 bits per heavy atom. The molecule has 4 rings (SSSR count). The van der Waals surface area contributed by atoms with Crippen LogP contribution in [-0.2, 0) is 4.74 Å². The highest BCUT2D eigenvalue weighted by molar-refractivity contribution is 6.08. The van der Waals surface area contributed by atoms with Crippen LogP contribution in [0.25, 0.3) is 16.6 Å². The molecule has 2 saturated heterocycles. The molecule has 0 saturated carbocycles. The van der Waals surface area contributed by atoms with Crippen LogP contribution in [0.5, 0.6) is 0 Å². The summed E-state index contributed by atoms with van der Waals surface area (Å²) in [7, 11) is 0. The average Bonchev–Trinajstić information content (AvgIpc) is 2.98. The molecule has 0 bridgehead atoms. The summed E-state index contributed by atoms with van der Waals surface area (Å²) >= 11 is 0. The van der Waals surface area contributed by atoms with E-state index in [0.29, 0.717) is 54.9 Å². The van der Waals surface area contributed by atoms with E-state index in [4.69, 9.17) is 21.6 Å². The number of allylic oxidation sites excluding steroid dienone is 3. The minimum atomic E-state index is 0.128. The van der Waals surface area contributed by atoms with Gasteiger partial charge in [-0.15, -0.1) is 0 Å². The number of hydrogen-bond donors (Lipinski definition) is 5. The molecule has 0 spiro atoms. The molecule has 2 aliphatic rings. The van der Waals surface area contributed by atoms with E-state index in [1.165, 1.54) is 6.21 Å². The summed E-state index contributed by atoms with van der Waals surface area (Å²) in [5.74, 6) is 1.75. The quantitative estimate of drug-likeness (QED) is 0.237. The van der Waals surface area contributed by atoms with Crippen molar-refractivity contribution in [1.82, 2.24) is 25.1 Å². The zero-order valence-corrected chi connectivity index (χ0v) is 23.4. The van der Waals surface area contributed by atoms with Crippen molar-refractivity contribution in [1.29, 1.82) is 5.41 Å². The van der Waals surface area contributed by atoms with Gasteiger partial charge in [0.15, 0.2) is 0 Å². The number of amides is 2. The summed E-state index contributed by atoms with van der Waals surface area (Å²) in [5.41, 5.74) is 15.7. The van der Waals surface area contributed by atoms with Crippen LogP contribution >= 0.6 is 0 Å². The van der Waals surface area contributed by atoms with Gasteiger partial charge in [-0.05, 0) is 60.7 Å². The molecular weight excluding hydrogens is 506 g/mol. The molecule has 7 N–H and O–H groups in total. The number of hydrogen-bond acceptors (Lipinski definition) is 9. The summed E-state index contributed by atoms with van der Waals surface area (Å²) in [6, 6.07) is 5.75. The van der Waals surface area contributed by atoms with Crippen LogP contribution in [0.1, 0.15) is 32.3 Å². The third kappa shape index (κ3) is 7.50. The van der Waals surface area contributed by atoms with E-state index < -0.39 is 0 Å². The van der Waals surface area contributed by atoms with Gasteiger partial charge in [-0.25, -0.2) is 9.78 Å². The second kappa shape index (κ2) is 13.8. The number of nitrogens with zero attached hydrogens (tertiary/aromatic N) is 4. The number of pyridine rings is 2. The number of carbonyl (C=O) groups excluding carboxylic acids is 1. The maximum absolute atomic E-state index is 12.7. The van der Waals surface area contributed by atoms with E-state index >= 15 is 0 Å². The number of likely N-dealkylation sites (tertiary alicyclic amines) is 1. The number of anilines is 1. The minimum absolute atomic E-state index is 0.128. The summed E-state index contributed by atoms with van der Waals surface area (Å²) in [6.07, 6.45) is 10.2. The van der Waals surface area contributed by atoms with Gasteiger partial charge in [0.1, 0.15) is 11.6 Å². The van der Waals surface area contributed by atoms with Crippen LogP contribution in [-0.4, -0.2) is 78.0 Å². The molecule has 0 aliphatic carbocycles. The van der Waals surface area contributed by atoms with E-state index in [1.54, 1.807) is 18.5 Å². The molecule has 0 aromatic carbocycles. The lowest BCUT2D eigenvalue weighted by Crippen LogP contribution is -2.50. The third-order valence-corrected chi connectivity index (χ3v) is 7.31. The molecule has 0 unspecified atom stereocenters. The first-order valence-electron chi connectivity index (χ1n) is 13.9. The van der Waals surface area contributed by atoms with Crippen LogP contribution in [0.3, 0.4) is 0 Å². The van der Waals surface area contributed by atoms with Crippen molar-refractivity contribution >= 4 is 34.7 Å². The summed E-state index contributed by atoms with van der Waals surface area (Å²) in [5, 5.41) is 14.5. The molecule has 214 valence electrons. The Morgan fingerprint density at radius 2 is 1.90 bits per heavy atom. The van der Waals surface area contributed by atoms with E-state index in [-0.39, 0.29) is 11.9 Å². The molecule has 11 heteroatoms. The fourth-order valence-corrected chi connectivity index (χ4v) is 4.83. The number of nitrogens with one attached hydrogen (secondary N) is 3. The molecule has 2 fully saturated rings. The summed E-state index contributed by atoms with van der Waals surface area (Å²) < 4.78 is 5.36.